The van der Waals surface area contributed by atoms with E-state index >= 15 is 0 Å². The van der Waals surface area contributed by atoms with Crippen LogP contribution in [-0.2, 0) is 6.42 Å². The van der Waals surface area contributed by atoms with E-state index in [1.54, 1.807) is 18.2 Å². The lowest BCUT2D eigenvalue weighted by Gasteiger charge is -2.13. The lowest BCUT2D eigenvalue weighted by atomic mass is 10.0. The van der Waals surface area contributed by atoms with Crippen molar-refractivity contribution in [3.63, 3.8) is 0 Å². The molecule has 2 rings (SSSR count). The highest BCUT2D eigenvalue weighted by Crippen LogP contribution is 2.29. The zero-order valence-corrected chi connectivity index (χ0v) is 12.8. The van der Waals surface area contributed by atoms with Gasteiger partial charge in [-0.15, -0.1) is 0 Å². The monoisotopic (exact) mass is 287 g/mol. The number of ether oxygens (including phenoxy) is 1. The molecule has 0 amide bonds. The van der Waals surface area contributed by atoms with Crippen LogP contribution in [0.2, 0.25) is 0 Å². The molecule has 0 radical (unpaired) electrons. The molecule has 0 bridgehead atoms. The highest BCUT2D eigenvalue weighted by Gasteiger charge is 2.10. The smallest absolute Gasteiger partial charge is 0.172 e. The van der Waals surface area contributed by atoms with E-state index in [1.807, 2.05) is 12.1 Å². The Hall–Kier alpha value is -1.87. The standard InChI is InChI=1S/C18H22FNO/c1-4-20-13(2)12-14-8-10-15(11-9-14)16-6-5-7-17(21-3)18(16)19/h5-11,13,20H,4,12H2,1-3H3. The highest BCUT2D eigenvalue weighted by atomic mass is 19.1. The lowest BCUT2D eigenvalue weighted by Crippen LogP contribution is -2.27. The van der Waals surface area contributed by atoms with Crippen molar-refractivity contribution >= 4 is 0 Å². The Bertz CT molecular complexity index is 580. The Morgan fingerprint density at radius 3 is 2.48 bits per heavy atom. The fourth-order valence-electron chi connectivity index (χ4n) is 2.49. The van der Waals surface area contributed by atoms with Gasteiger partial charge in [0.1, 0.15) is 0 Å². The summed E-state index contributed by atoms with van der Waals surface area (Å²) < 4.78 is 19.3. The summed E-state index contributed by atoms with van der Waals surface area (Å²) in [5.74, 6) is -0.0360. The molecule has 2 aromatic rings. The maximum absolute atomic E-state index is 14.2. The Morgan fingerprint density at radius 2 is 1.86 bits per heavy atom. The van der Waals surface area contributed by atoms with E-state index in [0.29, 0.717) is 11.6 Å². The van der Waals surface area contributed by atoms with Crippen molar-refractivity contribution < 1.29 is 9.13 Å². The molecule has 0 fully saturated rings. The number of nitrogens with one attached hydrogen (secondary N) is 1. The van der Waals surface area contributed by atoms with Gasteiger partial charge in [0.05, 0.1) is 7.11 Å². The average Bonchev–Trinajstić information content (AvgIpc) is 2.49. The molecular formula is C18H22FNO. The van der Waals surface area contributed by atoms with Crippen molar-refractivity contribution in [3.8, 4) is 16.9 Å². The van der Waals surface area contributed by atoms with E-state index in [1.165, 1.54) is 12.7 Å². The predicted molar refractivity (Wildman–Crippen MR) is 85.2 cm³/mol. The largest absolute Gasteiger partial charge is 0.494 e. The van der Waals surface area contributed by atoms with Gasteiger partial charge < -0.3 is 10.1 Å². The summed E-state index contributed by atoms with van der Waals surface area (Å²) in [6.07, 6.45) is 0.967. The Morgan fingerprint density at radius 1 is 1.14 bits per heavy atom. The number of hydrogen-bond donors (Lipinski definition) is 1. The van der Waals surface area contributed by atoms with Gasteiger partial charge in [-0.25, -0.2) is 4.39 Å². The van der Waals surface area contributed by atoms with Crippen molar-refractivity contribution in [1.29, 1.82) is 0 Å². The molecule has 21 heavy (non-hydrogen) atoms. The first-order valence-electron chi connectivity index (χ1n) is 7.31. The zero-order chi connectivity index (χ0) is 15.2. The van der Waals surface area contributed by atoms with E-state index in [0.717, 1.165) is 18.5 Å². The van der Waals surface area contributed by atoms with Gasteiger partial charge in [-0.2, -0.15) is 0 Å². The number of rotatable bonds is 6. The summed E-state index contributed by atoms with van der Waals surface area (Å²) in [7, 11) is 1.48. The molecule has 0 saturated heterocycles. The number of hydrogen-bond acceptors (Lipinski definition) is 2. The second-order valence-electron chi connectivity index (χ2n) is 5.18. The van der Waals surface area contributed by atoms with Gasteiger partial charge >= 0.3 is 0 Å². The van der Waals surface area contributed by atoms with Crippen LogP contribution in [0.15, 0.2) is 42.5 Å². The zero-order valence-electron chi connectivity index (χ0n) is 12.8. The predicted octanol–water partition coefficient (Wildman–Crippen LogP) is 4.04. The van der Waals surface area contributed by atoms with Crippen molar-refractivity contribution in [1.82, 2.24) is 5.32 Å². The van der Waals surface area contributed by atoms with Crippen LogP contribution in [0.1, 0.15) is 19.4 Å². The fraction of sp³-hybridized carbons (Fsp3) is 0.333. The van der Waals surface area contributed by atoms with Gasteiger partial charge in [0.25, 0.3) is 0 Å². The summed E-state index contributed by atoms with van der Waals surface area (Å²) in [6.45, 7) is 5.23. The quantitative estimate of drug-likeness (QED) is 0.865. The van der Waals surface area contributed by atoms with Crippen LogP contribution in [-0.4, -0.2) is 19.7 Å². The Labute approximate surface area is 126 Å². The third-order valence-electron chi connectivity index (χ3n) is 3.54. The van der Waals surface area contributed by atoms with Crippen LogP contribution in [0.3, 0.4) is 0 Å². The van der Waals surface area contributed by atoms with Crippen LogP contribution in [0, 0.1) is 5.82 Å². The molecule has 1 N–H and O–H groups in total. The SMILES string of the molecule is CCNC(C)Cc1ccc(-c2cccc(OC)c2F)cc1. The first-order valence-corrected chi connectivity index (χ1v) is 7.31. The summed E-state index contributed by atoms with van der Waals surface area (Å²) >= 11 is 0. The van der Waals surface area contributed by atoms with Crippen LogP contribution < -0.4 is 10.1 Å². The molecule has 0 spiro atoms. The molecule has 1 unspecified atom stereocenters. The van der Waals surface area contributed by atoms with E-state index in [4.69, 9.17) is 4.74 Å². The van der Waals surface area contributed by atoms with E-state index in [9.17, 15) is 4.39 Å². The first kappa shape index (κ1) is 15.5. The minimum Gasteiger partial charge on any atom is -0.494 e. The second-order valence-corrected chi connectivity index (χ2v) is 5.18. The second kappa shape index (κ2) is 7.23. The van der Waals surface area contributed by atoms with Gasteiger partial charge in [-0.3, -0.25) is 0 Å². The molecule has 3 heteroatoms. The number of halogens is 1. The van der Waals surface area contributed by atoms with Crippen LogP contribution in [0.5, 0.6) is 5.75 Å². The van der Waals surface area contributed by atoms with Crippen LogP contribution in [0.25, 0.3) is 11.1 Å². The summed E-state index contributed by atoms with van der Waals surface area (Å²) in [6, 6.07) is 13.7. The molecule has 0 aliphatic carbocycles. The van der Waals surface area contributed by atoms with E-state index in [2.05, 4.69) is 31.3 Å². The van der Waals surface area contributed by atoms with E-state index < -0.39 is 0 Å². The Kier molecular flexibility index (Phi) is 5.34. The van der Waals surface area contributed by atoms with Gasteiger partial charge in [0, 0.05) is 11.6 Å². The van der Waals surface area contributed by atoms with Gasteiger partial charge in [-0.1, -0.05) is 43.3 Å². The molecular weight excluding hydrogens is 265 g/mol. The number of benzene rings is 2. The minimum absolute atomic E-state index is 0.275. The maximum Gasteiger partial charge on any atom is 0.172 e. The van der Waals surface area contributed by atoms with Crippen molar-refractivity contribution in [2.75, 3.05) is 13.7 Å². The molecule has 0 aliphatic heterocycles. The maximum atomic E-state index is 14.2. The third-order valence-corrected chi connectivity index (χ3v) is 3.54. The molecule has 112 valence electrons. The molecule has 2 aromatic carbocycles. The highest BCUT2D eigenvalue weighted by molar-refractivity contribution is 5.66. The molecule has 2 nitrogen and oxygen atoms in total. The summed E-state index contributed by atoms with van der Waals surface area (Å²) in [5, 5.41) is 3.39. The van der Waals surface area contributed by atoms with Crippen molar-refractivity contribution in [2.45, 2.75) is 26.3 Å². The number of methoxy groups -OCH3 is 1. The molecule has 0 aromatic heterocycles. The van der Waals surface area contributed by atoms with Gasteiger partial charge in [0.15, 0.2) is 11.6 Å². The van der Waals surface area contributed by atoms with Crippen molar-refractivity contribution in [3.05, 3.63) is 53.8 Å². The summed E-state index contributed by atoms with van der Waals surface area (Å²) in [4.78, 5) is 0. The minimum atomic E-state index is -0.311. The molecule has 1 atom stereocenters. The normalized spacial score (nSPS) is 12.2. The van der Waals surface area contributed by atoms with Crippen LogP contribution in [0.4, 0.5) is 4.39 Å². The first-order chi connectivity index (χ1) is 10.2. The Balaban J connectivity index is 2.19. The fourth-order valence-corrected chi connectivity index (χ4v) is 2.49. The average molecular weight is 287 g/mol. The van der Waals surface area contributed by atoms with Crippen LogP contribution >= 0.6 is 0 Å². The molecule has 0 aliphatic rings. The van der Waals surface area contributed by atoms with Gasteiger partial charge in [0.2, 0.25) is 0 Å². The van der Waals surface area contributed by atoms with Gasteiger partial charge in [-0.05, 0) is 37.1 Å². The van der Waals surface area contributed by atoms with Crippen molar-refractivity contribution in [2.24, 2.45) is 0 Å². The topological polar surface area (TPSA) is 21.3 Å². The lowest BCUT2D eigenvalue weighted by molar-refractivity contribution is 0.387. The van der Waals surface area contributed by atoms with E-state index in [-0.39, 0.29) is 11.6 Å². The third kappa shape index (κ3) is 3.82. The summed E-state index contributed by atoms with van der Waals surface area (Å²) in [5.41, 5.74) is 2.68. The molecule has 0 heterocycles. The molecule has 0 saturated carbocycles. The number of likely N-dealkylation sites (N-methyl/N-ethyl adjacent to an activating group) is 1.